The van der Waals surface area contributed by atoms with Gasteiger partial charge in [-0.1, -0.05) is 18.0 Å². The molecule has 0 spiro atoms. The standard InChI is InChI=1S/C23H20ClN3O4S/c1-14-20-21(23(29)27(22(20)28)16-7-5-15(24)6-8-16)18-13-17(9-10-19(18)25-14)32(30,31)26-11-3-2-4-12-26/h5-10,13H,2-4,11-12H2,1H3. The molecule has 1 fully saturated rings. The lowest BCUT2D eigenvalue weighted by atomic mass is 10.0. The summed E-state index contributed by atoms with van der Waals surface area (Å²) in [4.78, 5) is 32.3. The van der Waals surface area contributed by atoms with Gasteiger partial charge in [-0.2, -0.15) is 4.31 Å². The first-order chi connectivity index (χ1) is 15.3. The fourth-order valence-electron chi connectivity index (χ4n) is 4.40. The van der Waals surface area contributed by atoms with E-state index in [2.05, 4.69) is 4.98 Å². The van der Waals surface area contributed by atoms with Gasteiger partial charge in [-0.3, -0.25) is 14.6 Å². The van der Waals surface area contributed by atoms with E-state index in [0.717, 1.165) is 24.2 Å². The lowest BCUT2D eigenvalue weighted by Gasteiger charge is -2.26. The second-order valence-corrected chi connectivity index (χ2v) is 10.4. The highest BCUT2D eigenvalue weighted by molar-refractivity contribution is 7.89. The molecule has 2 aliphatic rings. The SMILES string of the molecule is Cc1nc2ccc(S(=O)(=O)N3CCCCC3)cc2c2c1C(=O)N(c1ccc(Cl)cc1)C2=O. The van der Waals surface area contributed by atoms with Crippen molar-refractivity contribution in [1.82, 2.24) is 9.29 Å². The quantitative estimate of drug-likeness (QED) is 0.537. The average Bonchev–Trinajstić information content (AvgIpc) is 3.06. The summed E-state index contributed by atoms with van der Waals surface area (Å²) < 4.78 is 27.9. The molecule has 0 aliphatic carbocycles. The van der Waals surface area contributed by atoms with Crippen LogP contribution in [0.2, 0.25) is 5.02 Å². The Labute approximate surface area is 190 Å². The number of aryl methyl sites for hydroxylation is 1. The molecule has 1 saturated heterocycles. The van der Waals surface area contributed by atoms with Crippen LogP contribution in [-0.2, 0) is 10.0 Å². The van der Waals surface area contributed by atoms with Crippen LogP contribution in [-0.4, -0.2) is 42.6 Å². The minimum Gasteiger partial charge on any atom is -0.268 e. The molecule has 5 rings (SSSR count). The van der Waals surface area contributed by atoms with Gasteiger partial charge >= 0.3 is 0 Å². The summed E-state index contributed by atoms with van der Waals surface area (Å²) in [5.74, 6) is -0.987. The summed E-state index contributed by atoms with van der Waals surface area (Å²) in [6, 6.07) is 11.0. The van der Waals surface area contributed by atoms with Crippen molar-refractivity contribution in [2.45, 2.75) is 31.1 Å². The summed E-state index contributed by atoms with van der Waals surface area (Å²) in [5, 5.41) is 0.847. The fraction of sp³-hybridized carbons (Fsp3) is 0.261. The van der Waals surface area contributed by atoms with E-state index in [1.807, 2.05) is 0 Å². The van der Waals surface area contributed by atoms with Crippen molar-refractivity contribution in [2.75, 3.05) is 18.0 Å². The summed E-state index contributed by atoms with van der Waals surface area (Å²) >= 11 is 5.95. The maximum Gasteiger partial charge on any atom is 0.268 e. The predicted molar refractivity (Wildman–Crippen MR) is 122 cm³/mol. The Kier molecular flexibility index (Phi) is 5.03. The molecule has 2 aliphatic heterocycles. The molecular formula is C23H20ClN3O4S. The highest BCUT2D eigenvalue weighted by atomic mass is 35.5. The Balaban J connectivity index is 1.67. The van der Waals surface area contributed by atoms with Crippen molar-refractivity contribution in [1.29, 1.82) is 0 Å². The first kappa shape index (κ1) is 21.1. The van der Waals surface area contributed by atoms with E-state index in [-0.39, 0.29) is 16.0 Å². The number of sulfonamides is 1. The molecular weight excluding hydrogens is 450 g/mol. The zero-order chi connectivity index (χ0) is 22.6. The maximum absolute atomic E-state index is 13.4. The third kappa shape index (κ3) is 3.21. The topological polar surface area (TPSA) is 87.7 Å². The molecule has 164 valence electrons. The van der Waals surface area contributed by atoms with Crippen LogP contribution in [0, 0.1) is 6.92 Å². The van der Waals surface area contributed by atoms with Crippen molar-refractivity contribution >= 4 is 50.0 Å². The minimum atomic E-state index is -3.70. The van der Waals surface area contributed by atoms with E-state index < -0.39 is 21.8 Å². The number of piperidine rings is 1. The van der Waals surface area contributed by atoms with Crippen LogP contribution in [0.3, 0.4) is 0 Å². The number of rotatable bonds is 3. The van der Waals surface area contributed by atoms with Crippen LogP contribution < -0.4 is 4.90 Å². The Hall–Kier alpha value is -2.81. The lowest BCUT2D eigenvalue weighted by Crippen LogP contribution is -2.35. The number of fused-ring (bicyclic) bond motifs is 3. The predicted octanol–water partition coefficient (Wildman–Crippen LogP) is 4.17. The van der Waals surface area contributed by atoms with E-state index in [1.54, 1.807) is 37.3 Å². The number of hydrogen-bond donors (Lipinski definition) is 0. The number of hydrogen-bond acceptors (Lipinski definition) is 5. The van der Waals surface area contributed by atoms with Gasteiger partial charge in [0.25, 0.3) is 11.8 Å². The molecule has 1 aromatic heterocycles. The highest BCUT2D eigenvalue weighted by Crippen LogP contribution is 2.36. The van der Waals surface area contributed by atoms with Crippen LogP contribution in [0.5, 0.6) is 0 Å². The molecule has 32 heavy (non-hydrogen) atoms. The van der Waals surface area contributed by atoms with Crippen LogP contribution >= 0.6 is 11.6 Å². The molecule has 2 aromatic carbocycles. The zero-order valence-electron chi connectivity index (χ0n) is 17.3. The Morgan fingerprint density at radius 1 is 0.906 bits per heavy atom. The second kappa shape index (κ2) is 7.65. The smallest absolute Gasteiger partial charge is 0.268 e. The first-order valence-electron chi connectivity index (χ1n) is 10.4. The summed E-state index contributed by atoms with van der Waals surface area (Å²) in [6.07, 6.45) is 2.66. The van der Waals surface area contributed by atoms with Crippen molar-refractivity contribution in [3.8, 4) is 0 Å². The van der Waals surface area contributed by atoms with Crippen molar-refractivity contribution < 1.29 is 18.0 Å². The largest absolute Gasteiger partial charge is 0.268 e. The molecule has 0 atom stereocenters. The van der Waals surface area contributed by atoms with Crippen LogP contribution in [0.1, 0.15) is 45.7 Å². The number of nitrogens with zero attached hydrogens (tertiary/aromatic N) is 3. The van der Waals surface area contributed by atoms with Gasteiger partial charge in [0, 0.05) is 23.5 Å². The van der Waals surface area contributed by atoms with E-state index in [0.29, 0.717) is 40.4 Å². The average molecular weight is 470 g/mol. The van der Waals surface area contributed by atoms with Gasteiger partial charge < -0.3 is 0 Å². The normalized spacial score (nSPS) is 17.2. The first-order valence-corrected chi connectivity index (χ1v) is 12.2. The lowest BCUT2D eigenvalue weighted by molar-refractivity contribution is 0.0926. The number of pyridine rings is 1. The van der Waals surface area contributed by atoms with E-state index in [9.17, 15) is 18.0 Å². The van der Waals surface area contributed by atoms with Gasteiger partial charge in [-0.15, -0.1) is 0 Å². The number of benzene rings is 2. The molecule has 9 heteroatoms. The maximum atomic E-state index is 13.4. The molecule has 0 N–H and O–H groups in total. The van der Waals surface area contributed by atoms with Gasteiger partial charge in [-0.25, -0.2) is 13.3 Å². The number of anilines is 1. The molecule has 7 nitrogen and oxygen atoms in total. The number of carbonyl (C=O) groups excluding carboxylic acids is 2. The number of imide groups is 1. The monoisotopic (exact) mass is 469 g/mol. The van der Waals surface area contributed by atoms with Gasteiger partial charge in [0.15, 0.2) is 0 Å². The molecule has 0 saturated carbocycles. The zero-order valence-corrected chi connectivity index (χ0v) is 18.9. The number of carbonyl (C=O) groups is 2. The summed E-state index contributed by atoms with van der Waals surface area (Å²) in [5.41, 5.74) is 1.67. The van der Waals surface area contributed by atoms with Crippen molar-refractivity contribution in [2.24, 2.45) is 0 Å². The van der Waals surface area contributed by atoms with E-state index in [4.69, 9.17) is 11.6 Å². The Morgan fingerprint density at radius 2 is 1.56 bits per heavy atom. The molecule has 0 bridgehead atoms. The van der Waals surface area contributed by atoms with E-state index in [1.165, 1.54) is 16.4 Å². The third-order valence-electron chi connectivity index (χ3n) is 6.01. The molecule has 3 aromatic rings. The summed E-state index contributed by atoms with van der Waals surface area (Å²) in [7, 11) is -3.70. The van der Waals surface area contributed by atoms with Gasteiger partial charge in [0.1, 0.15) is 0 Å². The highest BCUT2D eigenvalue weighted by Gasteiger charge is 2.40. The minimum absolute atomic E-state index is 0.102. The second-order valence-electron chi connectivity index (χ2n) is 8.01. The van der Waals surface area contributed by atoms with Crippen molar-refractivity contribution in [3.05, 3.63) is 64.3 Å². The molecule has 2 amide bonds. The van der Waals surface area contributed by atoms with Crippen LogP contribution in [0.4, 0.5) is 5.69 Å². The van der Waals surface area contributed by atoms with Crippen molar-refractivity contribution in [3.63, 3.8) is 0 Å². The summed E-state index contributed by atoms with van der Waals surface area (Å²) in [6.45, 7) is 2.63. The number of amides is 2. The van der Waals surface area contributed by atoms with Gasteiger partial charge in [-0.05, 0) is 62.2 Å². The Bertz CT molecular complexity index is 1380. The number of aromatic nitrogens is 1. The third-order valence-corrected chi connectivity index (χ3v) is 8.16. The van der Waals surface area contributed by atoms with Crippen LogP contribution in [0.25, 0.3) is 10.9 Å². The number of halogens is 1. The Morgan fingerprint density at radius 3 is 2.25 bits per heavy atom. The van der Waals surface area contributed by atoms with E-state index >= 15 is 0 Å². The van der Waals surface area contributed by atoms with Crippen LogP contribution in [0.15, 0.2) is 47.4 Å². The molecule has 0 unspecified atom stereocenters. The fourth-order valence-corrected chi connectivity index (χ4v) is 6.07. The van der Waals surface area contributed by atoms with Gasteiger partial charge in [0.05, 0.1) is 32.9 Å². The molecule has 0 radical (unpaired) electrons. The van der Waals surface area contributed by atoms with Gasteiger partial charge in [0.2, 0.25) is 10.0 Å². The molecule has 3 heterocycles.